The van der Waals surface area contributed by atoms with Gasteiger partial charge in [0.15, 0.2) is 6.10 Å². The van der Waals surface area contributed by atoms with Gasteiger partial charge in [0.05, 0.1) is 12.8 Å². The first kappa shape index (κ1) is 21.5. The molecule has 10 heteroatoms. The Morgan fingerprint density at radius 3 is 2.64 bits per heavy atom. The van der Waals surface area contributed by atoms with E-state index in [-0.39, 0.29) is 37.9 Å². The Kier molecular flexibility index (Phi) is 7.22. The molecule has 0 radical (unpaired) electrons. The highest BCUT2D eigenvalue weighted by Gasteiger charge is 2.33. The molecule has 1 fully saturated rings. The molecule has 28 heavy (non-hydrogen) atoms. The average molecular weight is 412 g/mol. The third-order valence-corrected chi connectivity index (χ3v) is 4.33. The van der Waals surface area contributed by atoms with Gasteiger partial charge in [-0.2, -0.15) is 0 Å². The number of benzene rings is 1. The molecule has 1 saturated heterocycles. The molecule has 1 atom stereocenters. The number of hydrogen-bond donors (Lipinski definition) is 1. The topological polar surface area (TPSA) is 105 Å². The van der Waals surface area contributed by atoms with Gasteiger partial charge < -0.3 is 19.7 Å². The lowest BCUT2D eigenvalue weighted by Crippen LogP contribution is -2.33. The summed E-state index contributed by atoms with van der Waals surface area (Å²) in [4.78, 5) is 50.0. The predicted octanol–water partition coefficient (Wildman–Crippen LogP) is 1.89. The number of rotatable bonds is 8. The zero-order chi connectivity index (χ0) is 20.8. The quantitative estimate of drug-likeness (QED) is 0.517. The lowest BCUT2D eigenvalue weighted by Gasteiger charge is -2.16. The summed E-state index contributed by atoms with van der Waals surface area (Å²) >= 11 is 5.91. The summed E-state index contributed by atoms with van der Waals surface area (Å²) in [5.41, 5.74) is 0.359. The van der Waals surface area contributed by atoms with Gasteiger partial charge in [-0.15, -0.1) is 0 Å². The summed E-state index contributed by atoms with van der Waals surface area (Å²) in [5, 5.41) is 3.01. The third kappa shape index (κ3) is 5.35. The maximum Gasteiger partial charge on any atom is 0.326 e. The van der Waals surface area contributed by atoms with Crippen LogP contribution in [0.4, 0.5) is 10.5 Å². The number of carbonyl (C=O) groups is 4. The number of anilines is 1. The fraction of sp³-hybridized carbons (Fsp3) is 0.444. The summed E-state index contributed by atoms with van der Waals surface area (Å²) < 4.78 is 10.2. The largest absolute Gasteiger partial charge is 0.495 e. The highest BCUT2D eigenvalue weighted by atomic mass is 35.5. The Morgan fingerprint density at radius 2 is 2.04 bits per heavy atom. The number of hydrogen-bond acceptors (Lipinski definition) is 6. The Morgan fingerprint density at radius 1 is 1.32 bits per heavy atom. The van der Waals surface area contributed by atoms with E-state index in [1.54, 1.807) is 12.1 Å². The van der Waals surface area contributed by atoms with Crippen LogP contribution in [0.1, 0.15) is 19.8 Å². The minimum atomic E-state index is -1.04. The second-order valence-corrected chi connectivity index (χ2v) is 6.69. The lowest BCUT2D eigenvalue weighted by atomic mass is 10.2. The van der Waals surface area contributed by atoms with E-state index in [1.807, 2.05) is 0 Å². The monoisotopic (exact) mass is 411 g/mol. The highest BCUT2D eigenvalue weighted by molar-refractivity contribution is 6.31. The van der Waals surface area contributed by atoms with E-state index in [0.717, 1.165) is 4.90 Å². The molecule has 0 saturated carbocycles. The normalized spacial score (nSPS) is 14.9. The van der Waals surface area contributed by atoms with Crippen LogP contribution < -0.4 is 10.1 Å². The number of urea groups is 1. The number of nitrogens with one attached hydrogen (secondary N) is 1. The molecular formula is C18H22ClN3O6. The van der Waals surface area contributed by atoms with Crippen LogP contribution in [0.2, 0.25) is 5.02 Å². The molecule has 1 aromatic carbocycles. The van der Waals surface area contributed by atoms with Gasteiger partial charge >= 0.3 is 12.0 Å². The first-order valence-electron chi connectivity index (χ1n) is 8.62. The Hall–Kier alpha value is -2.81. The Bertz CT molecular complexity index is 785. The summed E-state index contributed by atoms with van der Waals surface area (Å²) in [6.45, 7) is 1.59. The molecule has 1 heterocycles. The zero-order valence-corrected chi connectivity index (χ0v) is 16.6. The van der Waals surface area contributed by atoms with Gasteiger partial charge in [0.2, 0.25) is 5.91 Å². The van der Waals surface area contributed by atoms with Crippen molar-refractivity contribution in [2.24, 2.45) is 0 Å². The Labute approximate surface area is 167 Å². The number of likely N-dealkylation sites (N-methyl/N-ethyl adjacent to an activating group) is 1. The fourth-order valence-electron chi connectivity index (χ4n) is 2.59. The van der Waals surface area contributed by atoms with Crippen molar-refractivity contribution in [2.45, 2.75) is 25.9 Å². The van der Waals surface area contributed by atoms with E-state index in [1.165, 1.54) is 32.0 Å². The van der Waals surface area contributed by atoms with Gasteiger partial charge in [-0.3, -0.25) is 19.3 Å². The molecule has 0 unspecified atom stereocenters. The van der Waals surface area contributed by atoms with Gasteiger partial charge in [-0.25, -0.2) is 4.79 Å². The summed E-state index contributed by atoms with van der Waals surface area (Å²) in [7, 11) is 2.99. The van der Waals surface area contributed by atoms with Crippen LogP contribution in [0.3, 0.4) is 0 Å². The zero-order valence-electron chi connectivity index (χ0n) is 15.9. The van der Waals surface area contributed by atoms with Crippen LogP contribution in [0.5, 0.6) is 5.75 Å². The van der Waals surface area contributed by atoms with Crippen LogP contribution in [0.15, 0.2) is 18.2 Å². The van der Waals surface area contributed by atoms with E-state index in [0.29, 0.717) is 16.5 Å². The second kappa shape index (κ2) is 9.41. The molecule has 9 nitrogen and oxygen atoms in total. The summed E-state index contributed by atoms with van der Waals surface area (Å²) in [6, 6.07) is 4.36. The number of imide groups is 1. The average Bonchev–Trinajstić information content (AvgIpc) is 2.87. The van der Waals surface area contributed by atoms with Crippen molar-refractivity contribution in [2.75, 3.05) is 32.6 Å². The van der Waals surface area contributed by atoms with E-state index in [4.69, 9.17) is 21.1 Å². The van der Waals surface area contributed by atoms with Crippen LogP contribution in [0.25, 0.3) is 0 Å². The fourth-order valence-corrected chi connectivity index (χ4v) is 2.76. The van der Waals surface area contributed by atoms with Crippen molar-refractivity contribution in [1.82, 2.24) is 9.80 Å². The standard InChI is InChI=1S/C18H22ClN3O6/c1-11(17(25)20-13-9-12(19)6-7-14(13)27-3)28-16(24)5-4-8-22-15(23)10-21(2)18(22)26/h6-7,9,11H,4-5,8,10H2,1-3H3,(H,20,25)/t11-/m0/s1. The molecule has 1 N–H and O–H groups in total. The molecule has 0 bridgehead atoms. The van der Waals surface area contributed by atoms with E-state index < -0.39 is 18.0 Å². The van der Waals surface area contributed by atoms with Crippen molar-refractivity contribution in [3.8, 4) is 5.75 Å². The van der Waals surface area contributed by atoms with E-state index in [9.17, 15) is 19.2 Å². The van der Waals surface area contributed by atoms with Gasteiger partial charge in [0.25, 0.3) is 5.91 Å². The third-order valence-electron chi connectivity index (χ3n) is 4.09. The van der Waals surface area contributed by atoms with Gasteiger partial charge in [-0.05, 0) is 31.5 Å². The first-order chi connectivity index (χ1) is 13.2. The molecule has 1 aromatic rings. The summed E-state index contributed by atoms with van der Waals surface area (Å²) in [6.07, 6.45) is -0.822. The maximum atomic E-state index is 12.2. The molecule has 0 spiro atoms. The number of halogens is 1. The van der Waals surface area contributed by atoms with Crippen molar-refractivity contribution in [3.63, 3.8) is 0 Å². The van der Waals surface area contributed by atoms with E-state index in [2.05, 4.69) is 5.32 Å². The van der Waals surface area contributed by atoms with E-state index >= 15 is 0 Å². The number of carbonyl (C=O) groups excluding carboxylic acids is 4. The number of ether oxygens (including phenoxy) is 2. The highest BCUT2D eigenvalue weighted by Crippen LogP contribution is 2.27. The van der Waals surface area contributed by atoms with Crippen molar-refractivity contribution in [1.29, 1.82) is 0 Å². The molecule has 0 aromatic heterocycles. The second-order valence-electron chi connectivity index (χ2n) is 6.25. The molecule has 0 aliphatic carbocycles. The molecular weight excluding hydrogens is 390 g/mol. The Balaban J connectivity index is 1.80. The van der Waals surface area contributed by atoms with Crippen molar-refractivity contribution < 1.29 is 28.7 Å². The lowest BCUT2D eigenvalue weighted by molar-refractivity contribution is -0.153. The maximum absolute atomic E-state index is 12.2. The van der Waals surface area contributed by atoms with Crippen molar-refractivity contribution >= 4 is 41.1 Å². The molecule has 4 amide bonds. The molecule has 1 aliphatic rings. The number of esters is 1. The van der Waals surface area contributed by atoms with Crippen LogP contribution >= 0.6 is 11.6 Å². The number of nitrogens with zero attached hydrogens (tertiary/aromatic N) is 2. The first-order valence-corrected chi connectivity index (χ1v) is 9.00. The predicted molar refractivity (Wildman–Crippen MR) is 101 cm³/mol. The van der Waals surface area contributed by atoms with Gasteiger partial charge in [0.1, 0.15) is 12.3 Å². The molecule has 152 valence electrons. The smallest absolute Gasteiger partial charge is 0.326 e. The van der Waals surface area contributed by atoms with Gasteiger partial charge in [0, 0.05) is 25.0 Å². The number of methoxy groups -OCH3 is 1. The minimum absolute atomic E-state index is 0.0289. The minimum Gasteiger partial charge on any atom is -0.495 e. The number of amides is 4. The summed E-state index contributed by atoms with van der Waals surface area (Å²) in [5.74, 6) is -1.03. The van der Waals surface area contributed by atoms with Crippen molar-refractivity contribution in [3.05, 3.63) is 23.2 Å². The molecule has 2 rings (SSSR count). The SMILES string of the molecule is COc1ccc(Cl)cc1NC(=O)[C@H](C)OC(=O)CCCN1C(=O)CN(C)C1=O. The van der Waals surface area contributed by atoms with Crippen LogP contribution in [-0.2, 0) is 19.1 Å². The molecule has 1 aliphatic heterocycles. The van der Waals surface area contributed by atoms with Gasteiger partial charge in [-0.1, -0.05) is 11.6 Å². The van der Waals surface area contributed by atoms with Crippen LogP contribution in [-0.4, -0.2) is 67.0 Å². The van der Waals surface area contributed by atoms with Crippen LogP contribution in [0, 0.1) is 0 Å².